The molecule has 1 atom stereocenters. The van der Waals surface area contributed by atoms with Gasteiger partial charge in [-0.1, -0.05) is 12.1 Å². The largest absolute Gasteiger partial charge is 0.768 e. The van der Waals surface area contributed by atoms with Gasteiger partial charge < -0.3 is 4.55 Å². The van der Waals surface area contributed by atoms with Gasteiger partial charge in [0.15, 0.2) is 0 Å². The van der Waals surface area contributed by atoms with Crippen LogP contribution in [0.3, 0.4) is 0 Å². The predicted molar refractivity (Wildman–Crippen MR) is 53.2 cm³/mol. The molecule has 72 valence electrons. The molecule has 3 nitrogen and oxygen atoms in total. The molecule has 1 rings (SSSR count). The molecule has 0 fully saturated rings. The fourth-order valence-corrected chi connectivity index (χ4v) is 1.85. The van der Waals surface area contributed by atoms with Crippen molar-refractivity contribution in [2.24, 2.45) is 0 Å². The van der Waals surface area contributed by atoms with Crippen LogP contribution in [0, 0.1) is 0 Å². The van der Waals surface area contributed by atoms with Gasteiger partial charge in [-0.25, -0.2) is 0 Å². The van der Waals surface area contributed by atoms with Gasteiger partial charge in [-0.15, -0.1) is 0 Å². The van der Waals surface area contributed by atoms with Crippen molar-refractivity contribution in [3.05, 3.63) is 24.3 Å². The SMILES string of the molecule is C[N+](C)(C)c1ccccc1S(=O)[O-]. The Morgan fingerprint density at radius 1 is 1.23 bits per heavy atom. The molecule has 0 saturated carbocycles. The minimum Gasteiger partial charge on any atom is -0.768 e. The van der Waals surface area contributed by atoms with Crippen LogP contribution in [0.4, 0.5) is 5.69 Å². The lowest BCUT2D eigenvalue weighted by Gasteiger charge is -2.26. The number of para-hydroxylation sites is 1. The quantitative estimate of drug-likeness (QED) is 0.529. The van der Waals surface area contributed by atoms with Crippen LogP contribution in [0.2, 0.25) is 0 Å². The average Bonchev–Trinajstić information content (AvgIpc) is 2.03. The molecule has 0 aliphatic heterocycles. The topological polar surface area (TPSA) is 40.1 Å². The molecule has 13 heavy (non-hydrogen) atoms. The molecule has 4 heteroatoms. The fourth-order valence-electron chi connectivity index (χ4n) is 1.15. The highest BCUT2D eigenvalue weighted by Gasteiger charge is 2.16. The molecule has 0 spiro atoms. The zero-order valence-electron chi connectivity index (χ0n) is 7.98. The Bertz CT molecular complexity index is 331. The Hall–Kier alpha value is -0.710. The first kappa shape index (κ1) is 10.4. The molecule has 0 bridgehead atoms. The Balaban J connectivity index is 3.28. The molecule has 1 unspecified atom stereocenters. The lowest BCUT2D eigenvalue weighted by atomic mass is 10.3. The van der Waals surface area contributed by atoms with Gasteiger partial charge in [-0.3, -0.25) is 8.69 Å². The van der Waals surface area contributed by atoms with Gasteiger partial charge in [0.2, 0.25) is 0 Å². The first-order valence-electron chi connectivity index (χ1n) is 3.93. The van der Waals surface area contributed by atoms with E-state index in [0.717, 1.165) is 5.69 Å². The summed E-state index contributed by atoms with van der Waals surface area (Å²) in [6, 6.07) is 7.01. The average molecular weight is 199 g/mol. The first-order chi connectivity index (χ1) is 5.93. The standard InChI is InChI=1S/C9H13NO2S/c1-10(2,3)8-6-4-5-7-9(8)13(11)12/h4-7H,1-3H3. The normalized spacial score (nSPS) is 14.2. The van der Waals surface area contributed by atoms with Crippen LogP contribution >= 0.6 is 0 Å². The second kappa shape index (κ2) is 3.57. The molecule has 0 aliphatic rings. The Labute approximate surface area is 80.9 Å². The number of rotatable bonds is 2. The molecule has 0 heterocycles. The summed E-state index contributed by atoms with van der Waals surface area (Å²) in [5.74, 6) is 0. The summed E-state index contributed by atoms with van der Waals surface area (Å²) in [4.78, 5) is 0.370. The fraction of sp³-hybridized carbons (Fsp3) is 0.333. The zero-order valence-corrected chi connectivity index (χ0v) is 8.80. The summed E-state index contributed by atoms with van der Waals surface area (Å²) in [5, 5.41) is 0. The molecular formula is C9H13NO2S. The predicted octanol–water partition coefficient (Wildman–Crippen LogP) is 1.12. The minimum atomic E-state index is -2.15. The third kappa shape index (κ3) is 2.37. The lowest BCUT2D eigenvalue weighted by Crippen LogP contribution is -2.35. The molecule has 0 aliphatic carbocycles. The van der Waals surface area contributed by atoms with Gasteiger partial charge in [0.25, 0.3) is 0 Å². The van der Waals surface area contributed by atoms with E-state index in [4.69, 9.17) is 0 Å². The number of hydrogen-bond donors (Lipinski definition) is 0. The smallest absolute Gasteiger partial charge is 0.147 e. The molecular weight excluding hydrogens is 186 g/mol. The van der Waals surface area contributed by atoms with Gasteiger partial charge >= 0.3 is 0 Å². The van der Waals surface area contributed by atoms with Crippen LogP contribution in [0.25, 0.3) is 0 Å². The van der Waals surface area contributed by atoms with Crippen molar-refractivity contribution in [2.45, 2.75) is 4.90 Å². The van der Waals surface area contributed by atoms with Crippen LogP contribution in [0.1, 0.15) is 0 Å². The van der Waals surface area contributed by atoms with Crippen molar-refractivity contribution in [3.8, 4) is 0 Å². The number of hydrogen-bond acceptors (Lipinski definition) is 2. The van der Waals surface area contributed by atoms with Crippen molar-refractivity contribution < 1.29 is 8.76 Å². The van der Waals surface area contributed by atoms with E-state index in [0.29, 0.717) is 9.38 Å². The molecule has 0 amide bonds. The van der Waals surface area contributed by atoms with Gasteiger partial charge in [-0.05, 0) is 17.1 Å². The highest BCUT2D eigenvalue weighted by Crippen LogP contribution is 2.24. The van der Waals surface area contributed by atoms with Crippen molar-refractivity contribution in [1.82, 2.24) is 4.48 Å². The highest BCUT2D eigenvalue weighted by molar-refractivity contribution is 7.79. The molecule has 0 N–H and O–H groups in total. The summed E-state index contributed by atoms with van der Waals surface area (Å²) in [6.45, 7) is 0. The molecule has 0 radical (unpaired) electrons. The summed E-state index contributed by atoms with van der Waals surface area (Å²) >= 11 is -2.15. The van der Waals surface area contributed by atoms with Gasteiger partial charge in [0, 0.05) is 6.07 Å². The van der Waals surface area contributed by atoms with E-state index >= 15 is 0 Å². The van der Waals surface area contributed by atoms with Crippen molar-refractivity contribution in [2.75, 3.05) is 21.1 Å². The zero-order chi connectivity index (χ0) is 10.1. The summed E-state index contributed by atoms with van der Waals surface area (Å²) < 4.78 is 22.2. The number of quaternary nitrogens is 1. The van der Waals surface area contributed by atoms with E-state index in [1.807, 2.05) is 33.3 Å². The second-order valence-electron chi connectivity index (χ2n) is 3.71. The third-order valence-corrected chi connectivity index (χ3v) is 2.47. The van der Waals surface area contributed by atoms with Gasteiger partial charge in [0.1, 0.15) is 5.69 Å². The van der Waals surface area contributed by atoms with Gasteiger partial charge in [0.05, 0.1) is 26.0 Å². The lowest BCUT2D eigenvalue weighted by molar-refractivity contribution is 0.472. The molecule has 0 saturated heterocycles. The van der Waals surface area contributed by atoms with E-state index in [2.05, 4.69) is 0 Å². The van der Waals surface area contributed by atoms with Gasteiger partial charge in [-0.2, -0.15) is 0 Å². The Morgan fingerprint density at radius 2 is 1.77 bits per heavy atom. The van der Waals surface area contributed by atoms with Crippen LogP contribution in [-0.4, -0.2) is 29.9 Å². The maximum atomic E-state index is 10.9. The number of nitrogens with zero attached hydrogens (tertiary/aromatic N) is 1. The van der Waals surface area contributed by atoms with Crippen molar-refractivity contribution in [3.63, 3.8) is 0 Å². The first-order valence-corrected chi connectivity index (χ1v) is 5.00. The monoisotopic (exact) mass is 199 g/mol. The summed E-state index contributed by atoms with van der Waals surface area (Å²) in [5.41, 5.74) is 0.802. The van der Waals surface area contributed by atoms with E-state index in [1.54, 1.807) is 12.1 Å². The Morgan fingerprint density at radius 3 is 2.15 bits per heavy atom. The van der Waals surface area contributed by atoms with E-state index in [1.165, 1.54) is 0 Å². The van der Waals surface area contributed by atoms with E-state index in [-0.39, 0.29) is 0 Å². The van der Waals surface area contributed by atoms with Crippen molar-refractivity contribution in [1.29, 1.82) is 0 Å². The maximum Gasteiger partial charge on any atom is 0.147 e. The van der Waals surface area contributed by atoms with Crippen LogP contribution < -0.4 is 4.48 Å². The van der Waals surface area contributed by atoms with Crippen molar-refractivity contribution >= 4 is 16.8 Å². The summed E-state index contributed by atoms with van der Waals surface area (Å²) in [7, 11) is 5.81. The van der Waals surface area contributed by atoms with E-state index < -0.39 is 11.1 Å². The minimum absolute atomic E-state index is 0.370. The van der Waals surface area contributed by atoms with E-state index in [9.17, 15) is 8.76 Å². The summed E-state index contributed by atoms with van der Waals surface area (Å²) in [6.07, 6.45) is 0. The van der Waals surface area contributed by atoms with Crippen LogP contribution in [0.15, 0.2) is 29.2 Å². The van der Waals surface area contributed by atoms with Crippen LogP contribution in [0.5, 0.6) is 0 Å². The molecule has 1 aromatic rings. The molecule has 0 aromatic heterocycles. The number of benzene rings is 1. The third-order valence-electron chi connectivity index (χ3n) is 1.77. The Kier molecular flexibility index (Phi) is 2.85. The highest BCUT2D eigenvalue weighted by atomic mass is 32.2. The maximum absolute atomic E-state index is 10.9. The second-order valence-corrected chi connectivity index (χ2v) is 4.62. The molecule has 1 aromatic carbocycles. The van der Waals surface area contributed by atoms with Crippen LogP contribution in [-0.2, 0) is 11.1 Å².